The number of nitrogens with zero attached hydrogens (tertiary/aromatic N) is 1. The van der Waals surface area contributed by atoms with E-state index in [0.29, 0.717) is 18.4 Å². The maximum absolute atomic E-state index is 13.8. The zero-order valence-electron chi connectivity index (χ0n) is 13.3. The normalized spacial score (nSPS) is 22.8. The quantitative estimate of drug-likeness (QED) is 0.800. The molecule has 1 aliphatic rings. The summed E-state index contributed by atoms with van der Waals surface area (Å²) in [6, 6.07) is 3.89. The Morgan fingerprint density at radius 3 is 2.50 bits per heavy atom. The smallest absolute Gasteiger partial charge is 0.309 e. The van der Waals surface area contributed by atoms with Crippen molar-refractivity contribution in [1.29, 1.82) is 0 Å². The van der Waals surface area contributed by atoms with Crippen molar-refractivity contribution in [3.05, 3.63) is 35.4 Å². The maximum atomic E-state index is 13.8. The van der Waals surface area contributed by atoms with E-state index in [1.165, 1.54) is 25.3 Å². The first-order valence-electron chi connectivity index (χ1n) is 7.65. The molecule has 1 aromatic carbocycles. The van der Waals surface area contributed by atoms with Crippen molar-refractivity contribution in [1.82, 2.24) is 4.90 Å². The molecular formula is C17H23F2NO2. The highest BCUT2D eigenvalue weighted by atomic mass is 19.1. The lowest BCUT2D eigenvalue weighted by Crippen LogP contribution is -2.44. The number of piperidine rings is 1. The molecule has 0 aromatic heterocycles. The van der Waals surface area contributed by atoms with Gasteiger partial charge in [0.25, 0.3) is 0 Å². The Labute approximate surface area is 130 Å². The largest absolute Gasteiger partial charge is 0.469 e. The molecule has 1 saturated heterocycles. The zero-order chi connectivity index (χ0) is 16.3. The van der Waals surface area contributed by atoms with Crippen LogP contribution in [0.1, 0.15) is 25.8 Å². The summed E-state index contributed by atoms with van der Waals surface area (Å²) in [5.74, 6) is -0.846. The average Bonchev–Trinajstić information content (AvgIpc) is 2.50. The number of esters is 1. The molecular weight excluding hydrogens is 288 g/mol. The number of ether oxygens (including phenoxy) is 1. The third kappa shape index (κ3) is 3.83. The lowest BCUT2D eigenvalue weighted by molar-refractivity contribution is -0.148. The molecule has 22 heavy (non-hydrogen) atoms. The van der Waals surface area contributed by atoms with Gasteiger partial charge >= 0.3 is 5.97 Å². The van der Waals surface area contributed by atoms with Crippen LogP contribution in [0.15, 0.2) is 18.2 Å². The van der Waals surface area contributed by atoms with Crippen LogP contribution in [0.25, 0.3) is 0 Å². The van der Waals surface area contributed by atoms with E-state index >= 15 is 0 Å². The molecule has 0 spiro atoms. The Morgan fingerprint density at radius 1 is 1.32 bits per heavy atom. The number of rotatable bonds is 4. The molecule has 3 nitrogen and oxygen atoms in total. The first kappa shape index (κ1) is 16.9. The van der Waals surface area contributed by atoms with Gasteiger partial charge in [-0.1, -0.05) is 19.9 Å². The zero-order valence-corrected chi connectivity index (χ0v) is 13.3. The van der Waals surface area contributed by atoms with Crippen LogP contribution in [-0.4, -0.2) is 31.1 Å². The molecule has 5 heteroatoms. The Morgan fingerprint density at radius 2 is 1.95 bits per heavy atom. The van der Waals surface area contributed by atoms with Crippen molar-refractivity contribution in [3.8, 4) is 0 Å². The maximum Gasteiger partial charge on any atom is 0.309 e. The van der Waals surface area contributed by atoms with Crippen molar-refractivity contribution in [3.63, 3.8) is 0 Å². The van der Waals surface area contributed by atoms with E-state index < -0.39 is 11.6 Å². The van der Waals surface area contributed by atoms with Gasteiger partial charge in [-0.3, -0.25) is 9.69 Å². The van der Waals surface area contributed by atoms with E-state index in [0.717, 1.165) is 13.0 Å². The number of likely N-dealkylation sites (tertiary alicyclic amines) is 1. The number of benzene rings is 1. The van der Waals surface area contributed by atoms with Crippen LogP contribution >= 0.6 is 0 Å². The van der Waals surface area contributed by atoms with Gasteiger partial charge in [-0.15, -0.1) is 0 Å². The van der Waals surface area contributed by atoms with E-state index in [-0.39, 0.29) is 24.0 Å². The Balaban J connectivity index is 2.16. The van der Waals surface area contributed by atoms with E-state index in [1.807, 2.05) is 4.90 Å². The molecule has 1 heterocycles. The highest BCUT2D eigenvalue weighted by Crippen LogP contribution is 2.29. The van der Waals surface area contributed by atoms with Crippen LogP contribution in [0.5, 0.6) is 0 Å². The molecule has 2 rings (SSSR count). The summed E-state index contributed by atoms with van der Waals surface area (Å²) in [6.07, 6.45) is 0.764. The summed E-state index contributed by atoms with van der Waals surface area (Å²) in [7, 11) is 1.38. The molecule has 0 N–H and O–H groups in total. The summed E-state index contributed by atoms with van der Waals surface area (Å²) >= 11 is 0. The molecule has 0 aliphatic carbocycles. The van der Waals surface area contributed by atoms with Gasteiger partial charge in [0.15, 0.2) is 0 Å². The van der Waals surface area contributed by atoms with Gasteiger partial charge in [0.1, 0.15) is 11.6 Å². The van der Waals surface area contributed by atoms with Crippen molar-refractivity contribution in [2.45, 2.75) is 26.8 Å². The van der Waals surface area contributed by atoms with Crippen LogP contribution in [0.4, 0.5) is 8.78 Å². The molecule has 122 valence electrons. The molecule has 1 aromatic rings. The van der Waals surface area contributed by atoms with Gasteiger partial charge in [-0.05, 0) is 30.4 Å². The minimum absolute atomic E-state index is 0.0653. The summed E-state index contributed by atoms with van der Waals surface area (Å²) in [6.45, 7) is 5.59. The third-order valence-electron chi connectivity index (χ3n) is 4.48. The fourth-order valence-electron chi connectivity index (χ4n) is 3.09. The first-order valence-corrected chi connectivity index (χ1v) is 7.65. The Bertz CT molecular complexity index is 513. The number of methoxy groups -OCH3 is 1. The van der Waals surface area contributed by atoms with E-state index in [1.54, 1.807) is 0 Å². The number of carbonyl (C=O) groups excluding carboxylic acids is 1. The molecule has 2 unspecified atom stereocenters. The lowest BCUT2D eigenvalue weighted by atomic mass is 9.82. The van der Waals surface area contributed by atoms with E-state index in [4.69, 9.17) is 4.74 Å². The molecule has 1 aliphatic heterocycles. The van der Waals surface area contributed by atoms with Gasteiger partial charge in [-0.25, -0.2) is 8.78 Å². The van der Waals surface area contributed by atoms with Crippen LogP contribution in [0, 0.1) is 29.4 Å². The minimum atomic E-state index is -0.540. The monoisotopic (exact) mass is 311 g/mol. The topological polar surface area (TPSA) is 29.5 Å². The summed E-state index contributed by atoms with van der Waals surface area (Å²) in [5.41, 5.74) is 0.0653. The first-order chi connectivity index (χ1) is 10.4. The van der Waals surface area contributed by atoms with Crippen molar-refractivity contribution in [2.75, 3.05) is 20.2 Å². The Hall–Kier alpha value is -1.49. The predicted octanol–water partition coefficient (Wildman–Crippen LogP) is 3.23. The fraction of sp³-hybridized carbons (Fsp3) is 0.588. The van der Waals surface area contributed by atoms with Gasteiger partial charge in [0.2, 0.25) is 0 Å². The van der Waals surface area contributed by atoms with Gasteiger partial charge < -0.3 is 4.74 Å². The van der Waals surface area contributed by atoms with Gasteiger partial charge in [-0.2, -0.15) is 0 Å². The highest BCUT2D eigenvalue weighted by Gasteiger charge is 2.34. The molecule has 0 amide bonds. The summed E-state index contributed by atoms with van der Waals surface area (Å²) in [4.78, 5) is 13.8. The highest BCUT2D eigenvalue weighted by molar-refractivity contribution is 5.72. The van der Waals surface area contributed by atoms with Crippen LogP contribution in [0.3, 0.4) is 0 Å². The number of carbonyl (C=O) groups is 1. The molecule has 2 atom stereocenters. The number of hydrogen-bond acceptors (Lipinski definition) is 3. The second-order valence-electron chi connectivity index (χ2n) is 6.35. The molecule has 0 bridgehead atoms. The molecule has 0 saturated carbocycles. The van der Waals surface area contributed by atoms with E-state index in [2.05, 4.69) is 13.8 Å². The SMILES string of the molecule is COC(=O)C1CC(C(C)C)CN(Cc2c(F)cccc2F)C1. The molecule has 0 radical (unpaired) electrons. The van der Waals surface area contributed by atoms with Crippen molar-refractivity contribution < 1.29 is 18.3 Å². The standard InChI is InChI=1S/C17H23F2NO2/c1-11(2)12-7-13(17(21)22-3)9-20(8-12)10-14-15(18)5-4-6-16(14)19/h4-6,11-13H,7-10H2,1-3H3. The van der Waals surface area contributed by atoms with Gasteiger partial charge in [0.05, 0.1) is 13.0 Å². The summed E-state index contributed by atoms with van der Waals surface area (Å²) in [5, 5.41) is 0. The van der Waals surface area contributed by atoms with Gasteiger partial charge in [0, 0.05) is 25.2 Å². The fourth-order valence-corrected chi connectivity index (χ4v) is 3.09. The number of halogens is 2. The third-order valence-corrected chi connectivity index (χ3v) is 4.48. The predicted molar refractivity (Wildman–Crippen MR) is 80.1 cm³/mol. The Kier molecular flexibility index (Phi) is 5.51. The van der Waals surface area contributed by atoms with E-state index in [9.17, 15) is 13.6 Å². The average molecular weight is 311 g/mol. The minimum Gasteiger partial charge on any atom is -0.469 e. The summed E-state index contributed by atoms with van der Waals surface area (Å²) < 4.78 is 32.5. The molecule has 1 fully saturated rings. The van der Waals surface area contributed by atoms with Crippen LogP contribution < -0.4 is 0 Å². The van der Waals surface area contributed by atoms with Crippen molar-refractivity contribution >= 4 is 5.97 Å². The van der Waals surface area contributed by atoms with Crippen molar-refractivity contribution in [2.24, 2.45) is 17.8 Å². The van der Waals surface area contributed by atoms with Crippen LogP contribution in [0.2, 0.25) is 0 Å². The lowest BCUT2D eigenvalue weighted by Gasteiger charge is -2.38. The second-order valence-corrected chi connectivity index (χ2v) is 6.35. The second kappa shape index (κ2) is 7.18. The number of hydrogen-bond donors (Lipinski definition) is 0. The van der Waals surface area contributed by atoms with Crippen LogP contribution in [-0.2, 0) is 16.1 Å².